The van der Waals surface area contributed by atoms with Crippen LogP contribution in [0.1, 0.15) is 36.5 Å². The zero-order valence-corrected chi connectivity index (χ0v) is 13.5. The molecule has 0 heterocycles. The zero-order valence-electron chi connectivity index (χ0n) is 11.2. The second-order valence-electron chi connectivity index (χ2n) is 4.71. The van der Waals surface area contributed by atoms with Gasteiger partial charge in [0.25, 0.3) is 5.91 Å². The fourth-order valence-electron chi connectivity index (χ4n) is 1.72. The minimum Gasteiger partial charge on any atom is -0.481 e. The molecule has 4 nitrogen and oxygen atoms in total. The number of carbonyl (C=O) groups excluding carboxylic acids is 1. The van der Waals surface area contributed by atoms with Crippen LogP contribution in [0.4, 0.5) is 0 Å². The van der Waals surface area contributed by atoms with Crippen molar-refractivity contribution in [3.05, 3.63) is 33.3 Å². The Hall–Kier alpha value is -1.07. The molecule has 0 bridgehead atoms. The minimum absolute atomic E-state index is 0.165. The van der Waals surface area contributed by atoms with E-state index in [1.807, 2.05) is 6.92 Å². The lowest BCUT2D eigenvalue weighted by molar-refractivity contribution is -0.137. The highest BCUT2D eigenvalue weighted by atomic mass is 79.9. The van der Waals surface area contributed by atoms with E-state index in [0.29, 0.717) is 28.0 Å². The molecule has 1 aromatic carbocycles. The van der Waals surface area contributed by atoms with Crippen molar-refractivity contribution in [2.24, 2.45) is 5.92 Å². The van der Waals surface area contributed by atoms with Crippen molar-refractivity contribution in [2.75, 3.05) is 6.54 Å². The smallest absolute Gasteiger partial charge is 0.303 e. The van der Waals surface area contributed by atoms with Gasteiger partial charge in [-0.3, -0.25) is 9.59 Å². The third-order valence-electron chi connectivity index (χ3n) is 2.95. The van der Waals surface area contributed by atoms with E-state index in [9.17, 15) is 9.59 Å². The van der Waals surface area contributed by atoms with Gasteiger partial charge in [0.05, 0.1) is 5.56 Å². The van der Waals surface area contributed by atoms with Gasteiger partial charge in [0, 0.05) is 22.5 Å². The molecule has 1 atom stereocenters. The van der Waals surface area contributed by atoms with Gasteiger partial charge in [-0.05, 0) is 52.9 Å². The molecule has 1 amide bonds. The molecule has 0 aromatic heterocycles. The third-order valence-corrected chi connectivity index (χ3v) is 3.84. The van der Waals surface area contributed by atoms with Crippen molar-refractivity contribution in [2.45, 2.75) is 26.2 Å². The Labute approximate surface area is 131 Å². The van der Waals surface area contributed by atoms with Crippen LogP contribution < -0.4 is 5.32 Å². The summed E-state index contributed by atoms with van der Waals surface area (Å²) in [5, 5.41) is 12.0. The van der Waals surface area contributed by atoms with E-state index >= 15 is 0 Å². The molecule has 0 aliphatic heterocycles. The molecule has 2 N–H and O–H groups in total. The number of hydrogen-bond acceptors (Lipinski definition) is 2. The maximum Gasteiger partial charge on any atom is 0.303 e. The van der Waals surface area contributed by atoms with E-state index < -0.39 is 5.97 Å². The zero-order chi connectivity index (χ0) is 15.1. The van der Waals surface area contributed by atoms with Crippen molar-refractivity contribution >= 4 is 39.4 Å². The van der Waals surface area contributed by atoms with Gasteiger partial charge in [0.2, 0.25) is 0 Å². The average molecular weight is 363 g/mol. The minimum atomic E-state index is -0.786. The highest BCUT2D eigenvalue weighted by Gasteiger charge is 2.11. The van der Waals surface area contributed by atoms with Gasteiger partial charge in [-0.2, -0.15) is 0 Å². The van der Waals surface area contributed by atoms with Crippen molar-refractivity contribution < 1.29 is 14.7 Å². The number of aliphatic carboxylic acids is 1. The fourth-order valence-corrected chi connectivity index (χ4v) is 2.58. The first-order chi connectivity index (χ1) is 9.40. The van der Waals surface area contributed by atoms with Gasteiger partial charge in [-0.15, -0.1) is 0 Å². The number of halogens is 2. The number of nitrogens with one attached hydrogen (secondary N) is 1. The third kappa shape index (κ3) is 5.92. The topological polar surface area (TPSA) is 66.4 Å². The van der Waals surface area contributed by atoms with E-state index in [0.717, 1.165) is 6.42 Å². The van der Waals surface area contributed by atoms with Crippen LogP contribution in [0.25, 0.3) is 0 Å². The molecule has 110 valence electrons. The highest BCUT2D eigenvalue weighted by molar-refractivity contribution is 9.10. The summed E-state index contributed by atoms with van der Waals surface area (Å²) < 4.78 is 0.654. The number of amides is 1. The molecule has 1 unspecified atom stereocenters. The number of carboxylic acids is 1. The molecule has 0 spiro atoms. The van der Waals surface area contributed by atoms with Crippen molar-refractivity contribution in [1.29, 1.82) is 0 Å². The van der Waals surface area contributed by atoms with E-state index in [2.05, 4.69) is 21.2 Å². The number of carbonyl (C=O) groups is 2. The fraction of sp³-hybridized carbons (Fsp3) is 0.429. The molecule has 0 aliphatic rings. The summed E-state index contributed by atoms with van der Waals surface area (Å²) in [4.78, 5) is 22.4. The van der Waals surface area contributed by atoms with E-state index in [1.54, 1.807) is 18.2 Å². The van der Waals surface area contributed by atoms with Crippen LogP contribution >= 0.6 is 27.5 Å². The second-order valence-corrected chi connectivity index (χ2v) is 6.00. The lowest BCUT2D eigenvalue weighted by Crippen LogP contribution is -2.26. The maximum atomic E-state index is 11.9. The first-order valence-electron chi connectivity index (χ1n) is 6.35. The summed E-state index contributed by atoms with van der Waals surface area (Å²) in [6.07, 6.45) is 1.54. The number of benzene rings is 1. The van der Waals surface area contributed by atoms with Crippen LogP contribution in [0.15, 0.2) is 22.7 Å². The van der Waals surface area contributed by atoms with E-state index in [4.69, 9.17) is 16.7 Å². The number of rotatable bonds is 7. The normalized spacial score (nSPS) is 11.9. The predicted molar refractivity (Wildman–Crippen MR) is 82.1 cm³/mol. The summed E-state index contributed by atoms with van der Waals surface area (Å²) in [7, 11) is 0. The lowest BCUT2D eigenvalue weighted by atomic mass is 10.0. The summed E-state index contributed by atoms with van der Waals surface area (Å²) in [6.45, 7) is 2.50. The van der Waals surface area contributed by atoms with Crippen molar-refractivity contribution in [3.8, 4) is 0 Å². The number of hydrogen-bond donors (Lipinski definition) is 2. The van der Waals surface area contributed by atoms with Crippen LogP contribution in [0, 0.1) is 5.92 Å². The predicted octanol–water partition coefficient (Wildman–Crippen LogP) is 3.72. The van der Waals surface area contributed by atoms with Gasteiger partial charge in [-0.1, -0.05) is 18.5 Å². The first kappa shape index (κ1) is 17.0. The average Bonchev–Trinajstić information content (AvgIpc) is 2.36. The second kappa shape index (κ2) is 8.27. The van der Waals surface area contributed by atoms with Crippen molar-refractivity contribution in [1.82, 2.24) is 5.32 Å². The summed E-state index contributed by atoms with van der Waals surface area (Å²) in [5.41, 5.74) is 0.535. The van der Waals surface area contributed by atoms with Crippen LogP contribution in [0.5, 0.6) is 0 Å². The lowest BCUT2D eigenvalue weighted by Gasteiger charge is -2.11. The maximum absolute atomic E-state index is 11.9. The van der Waals surface area contributed by atoms with Gasteiger partial charge in [-0.25, -0.2) is 0 Å². The highest BCUT2D eigenvalue weighted by Crippen LogP contribution is 2.21. The van der Waals surface area contributed by atoms with Gasteiger partial charge >= 0.3 is 5.97 Å². The van der Waals surface area contributed by atoms with Crippen LogP contribution in [-0.4, -0.2) is 23.5 Å². The Morgan fingerprint density at radius 2 is 2.10 bits per heavy atom. The quantitative estimate of drug-likeness (QED) is 0.777. The van der Waals surface area contributed by atoms with Crippen LogP contribution in [0.2, 0.25) is 5.02 Å². The molecule has 0 fully saturated rings. The van der Waals surface area contributed by atoms with Crippen LogP contribution in [-0.2, 0) is 4.79 Å². The standard InChI is InChI=1S/C14H17BrClNO3/c1-9(2-5-13(18)19)6-7-17-14(20)11-4-3-10(16)8-12(11)15/h3-4,8-9H,2,5-7H2,1H3,(H,17,20)(H,18,19). The summed E-state index contributed by atoms with van der Waals surface area (Å²) in [5.74, 6) is -0.690. The molecule has 6 heteroatoms. The SMILES string of the molecule is CC(CCNC(=O)c1ccc(Cl)cc1Br)CCC(=O)O. The molecular formula is C14H17BrClNO3. The molecule has 0 aliphatic carbocycles. The van der Waals surface area contributed by atoms with Gasteiger partial charge < -0.3 is 10.4 Å². The molecular weight excluding hydrogens is 346 g/mol. The van der Waals surface area contributed by atoms with Crippen molar-refractivity contribution in [3.63, 3.8) is 0 Å². The molecule has 1 aromatic rings. The Balaban J connectivity index is 2.38. The Bertz CT molecular complexity index is 493. The first-order valence-corrected chi connectivity index (χ1v) is 7.52. The molecule has 20 heavy (non-hydrogen) atoms. The van der Waals surface area contributed by atoms with Crippen LogP contribution in [0.3, 0.4) is 0 Å². The summed E-state index contributed by atoms with van der Waals surface area (Å²) >= 11 is 9.12. The molecule has 0 radical (unpaired) electrons. The Morgan fingerprint density at radius 3 is 2.70 bits per heavy atom. The molecule has 1 rings (SSSR count). The monoisotopic (exact) mass is 361 g/mol. The summed E-state index contributed by atoms with van der Waals surface area (Å²) in [6, 6.07) is 5.00. The van der Waals surface area contributed by atoms with E-state index in [1.165, 1.54) is 0 Å². The Morgan fingerprint density at radius 1 is 1.40 bits per heavy atom. The number of carboxylic acid groups (broad SMARTS) is 1. The largest absolute Gasteiger partial charge is 0.481 e. The van der Waals surface area contributed by atoms with Gasteiger partial charge in [0.1, 0.15) is 0 Å². The Kier molecular flexibility index (Phi) is 7.02. The molecule has 0 saturated heterocycles. The van der Waals surface area contributed by atoms with E-state index in [-0.39, 0.29) is 18.2 Å². The van der Waals surface area contributed by atoms with Gasteiger partial charge in [0.15, 0.2) is 0 Å². The molecule has 0 saturated carbocycles.